The van der Waals surface area contributed by atoms with Gasteiger partial charge in [-0.2, -0.15) is 0 Å². The molecule has 0 bridgehead atoms. The minimum Gasteiger partial charge on any atom is -0.496 e. The van der Waals surface area contributed by atoms with Crippen LogP contribution in [0.4, 0.5) is 0 Å². The third-order valence-corrected chi connectivity index (χ3v) is 5.55. The van der Waals surface area contributed by atoms with Crippen LogP contribution in [0.15, 0.2) is 52.1 Å². The number of hydrogen-bond acceptors (Lipinski definition) is 6. The highest BCUT2D eigenvalue weighted by atomic mass is 32.2. The van der Waals surface area contributed by atoms with Crippen molar-refractivity contribution >= 4 is 17.5 Å². The molecule has 0 radical (unpaired) electrons. The number of rotatable bonds is 8. The number of Topliss-reactive ketones (excluding diaryl/α,β-unsaturated/α-hetero) is 1. The van der Waals surface area contributed by atoms with Crippen molar-refractivity contribution in [2.75, 3.05) is 12.9 Å². The fraction of sp³-hybridized carbons (Fsp3) is 0.348. The molecule has 0 saturated carbocycles. The molecule has 29 heavy (non-hydrogen) atoms. The average Bonchev–Trinajstić information content (AvgIpc) is 3.20. The summed E-state index contributed by atoms with van der Waals surface area (Å²) in [7, 11) is 1.60. The van der Waals surface area contributed by atoms with Crippen molar-refractivity contribution in [1.29, 1.82) is 0 Å². The summed E-state index contributed by atoms with van der Waals surface area (Å²) in [4.78, 5) is 12.9. The molecule has 0 aliphatic carbocycles. The Morgan fingerprint density at radius 1 is 1.07 bits per heavy atom. The second kappa shape index (κ2) is 9.27. The van der Waals surface area contributed by atoms with Gasteiger partial charge in [0.05, 0.1) is 18.4 Å². The monoisotopic (exact) mass is 410 g/mol. The molecule has 1 aromatic heterocycles. The number of aromatic nitrogens is 2. The average molecular weight is 411 g/mol. The predicted octanol–water partition coefficient (Wildman–Crippen LogP) is 5.97. The lowest BCUT2D eigenvalue weighted by atomic mass is 9.90. The molecule has 0 fully saturated rings. The topological polar surface area (TPSA) is 65.2 Å². The lowest BCUT2D eigenvalue weighted by molar-refractivity contribution is 0.102. The zero-order chi connectivity index (χ0) is 21.0. The largest absolute Gasteiger partial charge is 0.496 e. The van der Waals surface area contributed by atoms with Gasteiger partial charge in [-0.3, -0.25) is 4.79 Å². The van der Waals surface area contributed by atoms with Crippen LogP contribution in [0.25, 0.3) is 11.5 Å². The zero-order valence-electron chi connectivity index (χ0n) is 17.4. The van der Waals surface area contributed by atoms with Crippen LogP contribution in [0, 0.1) is 0 Å². The Hall–Kier alpha value is -2.60. The summed E-state index contributed by atoms with van der Waals surface area (Å²) < 4.78 is 11.1. The van der Waals surface area contributed by atoms with Gasteiger partial charge in [0.15, 0.2) is 5.78 Å². The fourth-order valence-electron chi connectivity index (χ4n) is 3.08. The number of ether oxygens (including phenoxy) is 1. The van der Waals surface area contributed by atoms with Gasteiger partial charge in [0, 0.05) is 5.56 Å². The van der Waals surface area contributed by atoms with Gasteiger partial charge in [-0.25, -0.2) is 0 Å². The van der Waals surface area contributed by atoms with Crippen LogP contribution in [-0.4, -0.2) is 28.8 Å². The number of benzene rings is 2. The molecule has 0 aliphatic heterocycles. The lowest BCUT2D eigenvalue weighted by Gasteiger charge is -2.15. The van der Waals surface area contributed by atoms with Gasteiger partial charge in [0.1, 0.15) is 5.75 Å². The first-order valence-corrected chi connectivity index (χ1v) is 10.7. The van der Waals surface area contributed by atoms with Crippen molar-refractivity contribution in [1.82, 2.24) is 10.2 Å². The van der Waals surface area contributed by atoms with E-state index in [1.54, 1.807) is 7.11 Å². The predicted molar refractivity (Wildman–Crippen MR) is 116 cm³/mol. The maximum atomic E-state index is 12.9. The molecule has 6 heteroatoms. The maximum Gasteiger partial charge on any atom is 0.277 e. The number of nitrogens with zero attached hydrogens (tertiary/aromatic N) is 2. The number of ketones is 1. The molecule has 0 spiro atoms. The second-order valence-electron chi connectivity index (χ2n) is 7.44. The fourth-order valence-corrected chi connectivity index (χ4v) is 3.72. The minimum atomic E-state index is 0.0612. The molecule has 5 nitrogen and oxygen atoms in total. The zero-order valence-corrected chi connectivity index (χ0v) is 18.2. The van der Waals surface area contributed by atoms with E-state index >= 15 is 0 Å². The molecule has 2 aromatic carbocycles. The molecule has 0 saturated heterocycles. The smallest absolute Gasteiger partial charge is 0.277 e. The Morgan fingerprint density at radius 3 is 2.52 bits per heavy atom. The van der Waals surface area contributed by atoms with E-state index in [2.05, 4.69) is 44.0 Å². The Kier molecular flexibility index (Phi) is 6.75. The number of carbonyl (C=O) groups excluding carboxylic acids is 1. The summed E-state index contributed by atoms with van der Waals surface area (Å²) in [6.45, 7) is 8.54. The second-order valence-corrected chi connectivity index (χ2v) is 8.37. The molecule has 3 rings (SSSR count). The molecule has 0 atom stereocenters. The van der Waals surface area contributed by atoms with Gasteiger partial charge in [-0.15, -0.1) is 10.2 Å². The molecule has 0 amide bonds. The van der Waals surface area contributed by atoms with E-state index in [0.29, 0.717) is 22.8 Å². The summed E-state index contributed by atoms with van der Waals surface area (Å²) in [6, 6.07) is 13.6. The lowest BCUT2D eigenvalue weighted by Crippen LogP contribution is -2.08. The van der Waals surface area contributed by atoms with Crippen molar-refractivity contribution in [2.45, 2.75) is 44.8 Å². The summed E-state index contributed by atoms with van der Waals surface area (Å²) in [5.41, 5.74) is 3.83. The third-order valence-electron chi connectivity index (χ3n) is 4.74. The number of para-hydroxylation sites is 1. The van der Waals surface area contributed by atoms with E-state index in [4.69, 9.17) is 9.15 Å². The summed E-state index contributed by atoms with van der Waals surface area (Å²) in [6.07, 6.45) is 0. The van der Waals surface area contributed by atoms with E-state index in [1.165, 1.54) is 17.3 Å². The van der Waals surface area contributed by atoms with Crippen LogP contribution in [0.3, 0.4) is 0 Å². The van der Waals surface area contributed by atoms with Gasteiger partial charge in [0.25, 0.3) is 11.1 Å². The van der Waals surface area contributed by atoms with E-state index in [0.717, 1.165) is 16.7 Å². The van der Waals surface area contributed by atoms with Crippen LogP contribution in [0.5, 0.6) is 5.75 Å². The molecule has 1 heterocycles. The number of thioether (sulfide) groups is 1. The highest BCUT2D eigenvalue weighted by Gasteiger charge is 2.18. The molecule has 0 unspecified atom stereocenters. The summed E-state index contributed by atoms with van der Waals surface area (Å²) in [5, 5.41) is 8.53. The van der Waals surface area contributed by atoms with Crippen LogP contribution in [0.1, 0.15) is 61.0 Å². The van der Waals surface area contributed by atoms with Crippen molar-refractivity contribution in [3.05, 3.63) is 59.2 Å². The maximum absolute atomic E-state index is 12.9. The number of hydrogen-bond donors (Lipinski definition) is 0. The van der Waals surface area contributed by atoms with Crippen molar-refractivity contribution in [3.63, 3.8) is 0 Å². The first-order chi connectivity index (χ1) is 13.9. The highest BCUT2D eigenvalue weighted by Crippen LogP contribution is 2.31. The molecule has 0 N–H and O–H groups in total. The van der Waals surface area contributed by atoms with Gasteiger partial charge in [0.2, 0.25) is 0 Å². The standard InChI is InChI=1S/C23H26N2O3S/c1-14(2)16-10-11-17(19(12-16)15(3)4)20(26)13-29-23-25-24-22(28-23)18-8-6-7-9-21(18)27-5/h6-12,14-15H,13H2,1-5H3. The minimum absolute atomic E-state index is 0.0612. The van der Waals surface area contributed by atoms with E-state index in [9.17, 15) is 4.79 Å². The van der Waals surface area contributed by atoms with Crippen molar-refractivity contribution in [3.8, 4) is 17.2 Å². The van der Waals surface area contributed by atoms with Crippen LogP contribution >= 0.6 is 11.8 Å². The van der Waals surface area contributed by atoms with Gasteiger partial charge in [-0.05, 0) is 35.1 Å². The molecule has 3 aromatic rings. The molecule has 152 valence electrons. The van der Waals surface area contributed by atoms with Gasteiger partial charge >= 0.3 is 0 Å². The third kappa shape index (κ3) is 4.88. The summed E-state index contributed by atoms with van der Waals surface area (Å²) in [5.74, 6) is 2.05. The molecule has 0 aliphatic rings. The van der Waals surface area contributed by atoms with E-state index < -0.39 is 0 Å². The Labute approximate surface area is 175 Å². The van der Waals surface area contributed by atoms with Gasteiger partial charge < -0.3 is 9.15 Å². The van der Waals surface area contributed by atoms with Crippen LogP contribution in [-0.2, 0) is 0 Å². The molecular weight excluding hydrogens is 384 g/mol. The molecular formula is C23H26N2O3S. The van der Waals surface area contributed by atoms with Gasteiger partial charge in [-0.1, -0.05) is 69.8 Å². The van der Waals surface area contributed by atoms with Crippen molar-refractivity contribution < 1.29 is 13.9 Å². The summed E-state index contributed by atoms with van der Waals surface area (Å²) >= 11 is 1.25. The highest BCUT2D eigenvalue weighted by molar-refractivity contribution is 7.99. The Balaban J connectivity index is 1.74. The Bertz CT molecular complexity index is 995. The quantitative estimate of drug-likeness (QED) is 0.337. The van der Waals surface area contributed by atoms with E-state index in [-0.39, 0.29) is 17.5 Å². The first-order valence-electron chi connectivity index (χ1n) is 9.67. The number of carbonyl (C=O) groups is 1. The number of methoxy groups -OCH3 is 1. The van der Waals surface area contributed by atoms with E-state index in [1.807, 2.05) is 36.4 Å². The first kappa shape index (κ1) is 21.1. The SMILES string of the molecule is COc1ccccc1-c1nnc(SCC(=O)c2ccc(C(C)C)cc2C(C)C)o1. The van der Waals surface area contributed by atoms with Crippen LogP contribution < -0.4 is 4.74 Å². The normalized spacial score (nSPS) is 11.3. The Morgan fingerprint density at radius 2 is 1.83 bits per heavy atom. The van der Waals surface area contributed by atoms with Crippen LogP contribution in [0.2, 0.25) is 0 Å². The van der Waals surface area contributed by atoms with Crippen molar-refractivity contribution in [2.24, 2.45) is 0 Å².